The summed E-state index contributed by atoms with van der Waals surface area (Å²) >= 11 is 0. The van der Waals surface area contributed by atoms with E-state index in [0.29, 0.717) is 0 Å². The summed E-state index contributed by atoms with van der Waals surface area (Å²) in [5.41, 5.74) is 6.93. The molecular weight excluding hydrogens is 385 g/mol. The molecule has 0 saturated heterocycles. The van der Waals surface area contributed by atoms with Gasteiger partial charge < -0.3 is 5.11 Å². The first-order valence-electron chi connectivity index (χ1n) is 11.1. The van der Waals surface area contributed by atoms with Crippen LogP contribution in [0.2, 0.25) is 0 Å². The van der Waals surface area contributed by atoms with E-state index in [0.717, 1.165) is 46.5 Å². The average Bonchev–Trinajstić information content (AvgIpc) is 2.76. The lowest BCUT2D eigenvalue weighted by Gasteiger charge is -2.23. The molecule has 0 unspecified atom stereocenters. The SMILES string of the molecule is CC(C)c1nc(C(C)C)c(CO)c(-c2ccc(F)cc2)c1/C=C/CCc1ccccc1. The van der Waals surface area contributed by atoms with Crippen LogP contribution in [0, 0.1) is 5.82 Å². The van der Waals surface area contributed by atoms with Gasteiger partial charge in [0.15, 0.2) is 0 Å². The molecule has 0 aliphatic heterocycles. The molecule has 2 nitrogen and oxygen atoms in total. The van der Waals surface area contributed by atoms with E-state index in [-0.39, 0.29) is 24.3 Å². The third-order valence-electron chi connectivity index (χ3n) is 5.51. The number of aryl methyl sites for hydroxylation is 1. The van der Waals surface area contributed by atoms with Crippen molar-refractivity contribution in [3.05, 3.63) is 94.6 Å². The molecule has 0 radical (unpaired) electrons. The van der Waals surface area contributed by atoms with E-state index in [9.17, 15) is 9.50 Å². The van der Waals surface area contributed by atoms with Crippen LogP contribution in [-0.4, -0.2) is 10.1 Å². The number of nitrogens with zero attached hydrogens (tertiary/aromatic N) is 1. The van der Waals surface area contributed by atoms with Gasteiger partial charge in [0.05, 0.1) is 12.3 Å². The lowest BCUT2D eigenvalue weighted by atomic mass is 9.87. The lowest BCUT2D eigenvalue weighted by molar-refractivity contribution is 0.280. The zero-order chi connectivity index (χ0) is 22.4. The molecule has 0 atom stereocenters. The quantitative estimate of drug-likeness (QED) is 0.418. The summed E-state index contributed by atoms with van der Waals surface area (Å²) in [5, 5.41) is 10.3. The van der Waals surface area contributed by atoms with Crippen molar-refractivity contribution in [2.75, 3.05) is 0 Å². The fraction of sp³-hybridized carbons (Fsp3) is 0.321. The Morgan fingerprint density at radius 2 is 1.55 bits per heavy atom. The van der Waals surface area contributed by atoms with Gasteiger partial charge in [0, 0.05) is 16.8 Å². The number of hydrogen-bond acceptors (Lipinski definition) is 2. The second kappa shape index (κ2) is 10.5. The summed E-state index contributed by atoms with van der Waals surface area (Å²) in [4.78, 5) is 5.00. The summed E-state index contributed by atoms with van der Waals surface area (Å²) < 4.78 is 13.6. The summed E-state index contributed by atoms with van der Waals surface area (Å²) in [6, 6.07) is 17.0. The fourth-order valence-corrected chi connectivity index (χ4v) is 3.96. The molecule has 3 rings (SSSR count). The minimum absolute atomic E-state index is 0.101. The molecular formula is C28H32FNO. The predicted molar refractivity (Wildman–Crippen MR) is 128 cm³/mol. The van der Waals surface area contributed by atoms with Crippen LogP contribution in [0.25, 0.3) is 17.2 Å². The van der Waals surface area contributed by atoms with Crippen LogP contribution in [0.1, 0.15) is 74.0 Å². The van der Waals surface area contributed by atoms with Gasteiger partial charge in [-0.3, -0.25) is 4.98 Å². The Hall–Kier alpha value is -2.78. The maximum absolute atomic E-state index is 13.6. The zero-order valence-electron chi connectivity index (χ0n) is 18.9. The van der Waals surface area contributed by atoms with E-state index in [2.05, 4.69) is 64.1 Å². The van der Waals surface area contributed by atoms with E-state index >= 15 is 0 Å². The smallest absolute Gasteiger partial charge is 0.123 e. The van der Waals surface area contributed by atoms with Crippen molar-refractivity contribution in [3.8, 4) is 11.1 Å². The van der Waals surface area contributed by atoms with Gasteiger partial charge in [-0.05, 0) is 53.5 Å². The Bertz CT molecular complexity index is 1020. The highest BCUT2D eigenvalue weighted by atomic mass is 19.1. The van der Waals surface area contributed by atoms with Gasteiger partial charge in [0.2, 0.25) is 0 Å². The van der Waals surface area contributed by atoms with Crippen molar-refractivity contribution in [2.24, 2.45) is 0 Å². The average molecular weight is 418 g/mol. The highest BCUT2D eigenvalue weighted by Crippen LogP contribution is 2.37. The Morgan fingerprint density at radius 1 is 0.903 bits per heavy atom. The zero-order valence-corrected chi connectivity index (χ0v) is 18.9. The Labute approximate surface area is 185 Å². The molecule has 1 aromatic heterocycles. The first-order valence-corrected chi connectivity index (χ1v) is 11.1. The number of aromatic nitrogens is 1. The number of aliphatic hydroxyl groups excluding tert-OH is 1. The number of hydrogen-bond donors (Lipinski definition) is 1. The molecule has 0 aliphatic carbocycles. The maximum atomic E-state index is 13.6. The van der Waals surface area contributed by atoms with Gasteiger partial charge in [-0.15, -0.1) is 0 Å². The van der Waals surface area contributed by atoms with Crippen LogP contribution >= 0.6 is 0 Å². The Morgan fingerprint density at radius 3 is 2.13 bits per heavy atom. The maximum Gasteiger partial charge on any atom is 0.123 e. The minimum atomic E-state index is -0.267. The van der Waals surface area contributed by atoms with Gasteiger partial charge in [0.1, 0.15) is 5.82 Å². The molecule has 0 aliphatic rings. The Balaban J connectivity index is 2.12. The molecule has 3 heteroatoms. The third-order valence-corrected chi connectivity index (χ3v) is 5.51. The molecule has 3 aromatic rings. The molecule has 0 saturated carbocycles. The molecule has 31 heavy (non-hydrogen) atoms. The largest absolute Gasteiger partial charge is 0.392 e. The van der Waals surface area contributed by atoms with Crippen LogP contribution in [0.5, 0.6) is 0 Å². The van der Waals surface area contributed by atoms with Gasteiger partial charge in [-0.1, -0.05) is 82.3 Å². The topological polar surface area (TPSA) is 33.1 Å². The first-order chi connectivity index (χ1) is 14.9. The second-order valence-electron chi connectivity index (χ2n) is 8.55. The van der Waals surface area contributed by atoms with Gasteiger partial charge >= 0.3 is 0 Å². The molecule has 0 bridgehead atoms. The summed E-state index contributed by atoms with van der Waals surface area (Å²) in [6.07, 6.45) is 6.18. The number of allylic oxidation sites excluding steroid dienone is 1. The number of pyridine rings is 1. The van der Waals surface area contributed by atoms with Crippen LogP contribution in [0.15, 0.2) is 60.7 Å². The third kappa shape index (κ3) is 5.48. The van der Waals surface area contributed by atoms with Gasteiger partial charge in [-0.2, -0.15) is 0 Å². The monoisotopic (exact) mass is 417 g/mol. The number of aliphatic hydroxyl groups is 1. The van der Waals surface area contributed by atoms with Crippen molar-refractivity contribution in [2.45, 2.75) is 59.0 Å². The fourth-order valence-electron chi connectivity index (χ4n) is 3.96. The minimum Gasteiger partial charge on any atom is -0.392 e. The second-order valence-corrected chi connectivity index (χ2v) is 8.55. The summed E-state index contributed by atoms with van der Waals surface area (Å²) in [7, 11) is 0. The van der Waals surface area contributed by atoms with Crippen molar-refractivity contribution in [3.63, 3.8) is 0 Å². The van der Waals surface area contributed by atoms with Crippen molar-refractivity contribution in [1.29, 1.82) is 0 Å². The van der Waals surface area contributed by atoms with Crippen molar-refractivity contribution in [1.82, 2.24) is 4.98 Å². The van der Waals surface area contributed by atoms with Crippen molar-refractivity contribution < 1.29 is 9.50 Å². The molecule has 162 valence electrons. The molecule has 2 aromatic carbocycles. The normalized spacial score (nSPS) is 11.7. The van der Waals surface area contributed by atoms with Crippen LogP contribution in [0.4, 0.5) is 4.39 Å². The highest BCUT2D eigenvalue weighted by molar-refractivity contribution is 5.80. The van der Waals surface area contributed by atoms with Crippen LogP contribution in [-0.2, 0) is 13.0 Å². The molecule has 1 N–H and O–H groups in total. The van der Waals surface area contributed by atoms with E-state index < -0.39 is 0 Å². The van der Waals surface area contributed by atoms with Crippen LogP contribution in [0.3, 0.4) is 0 Å². The lowest BCUT2D eigenvalue weighted by Crippen LogP contribution is -2.10. The molecule has 0 spiro atoms. The predicted octanol–water partition coefficient (Wildman–Crippen LogP) is 7.27. The van der Waals surface area contributed by atoms with Gasteiger partial charge in [-0.25, -0.2) is 4.39 Å². The Kier molecular flexibility index (Phi) is 7.75. The van der Waals surface area contributed by atoms with E-state index in [1.165, 1.54) is 17.7 Å². The van der Waals surface area contributed by atoms with E-state index in [1.54, 1.807) is 12.1 Å². The highest BCUT2D eigenvalue weighted by Gasteiger charge is 2.22. The van der Waals surface area contributed by atoms with Crippen LogP contribution < -0.4 is 0 Å². The van der Waals surface area contributed by atoms with Crippen molar-refractivity contribution >= 4 is 6.08 Å². The van der Waals surface area contributed by atoms with E-state index in [1.807, 2.05) is 6.07 Å². The molecule has 0 fully saturated rings. The molecule has 1 heterocycles. The van der Waals surface area contributed by atoms with Gasteiger partial charge in [0.25, 0.3) is 0 Å². The summed E-state index contributed by atoms with van der Waals surface area (Å²) in [5.74, 6) is 0.129. The number of rotatable bonds is 8. The number of halogens is 1. The molecule has 0 amide bonds. The first kappa shape index (κ1) is 22.9. The van der Waals surface area contributed by atoms with E-state index in [4.69, 9.17) is 4.98 Å². The summed E-state index contributed by atoms with van der Waals surface area (Å²) in [6.45, 7) is 8.36. The standard InChI is InChI=1S/C28H32FNO/c1-19(2)27-24(13-9-8-12-21-10-6-5-7-11-21)26(22-14-16-23(29)17-15-22)25(18-31)28(30-27)20(3)4/h5-7,9-11,13-17,19-20,31H,8,12,18H2,1-4H3/b13-9+. The number of benzene rings is 2.